The fourth-order valence-corrected chi connectivity index (χ4v) is 2.66. The van der Waals surface area contributed by atoms with Crippen molar-refractivity contribution in [1.29, 1.82) is 0 Å². The van der Waals surface area contributed by atoms with Crippen LogP contribution in [-0.4, -0.2) is 22.5 Å². The molecular weight excluding hydrogens is 278 g/mol. The smallest absolute Gasteiger partial charge is 0.295 e. The van der Waals surface area contributed by atoms with E-state index in [0.717, 1.165) is 5.69 Å². The van der Waals surface area contributed by atoms with Crippen molar-refractivity contribution in [2.45, 2.75) is 11.6 Å². The van der Waals surface area contributed by atoms with Crippen LogP contribution in [0.4, 0.5) is 11.4 Å². The van der Waals surface area contributed by atoms with Gasteiger partial charge in [0.2, 0.25) is 5.09 Å². The van der Waals surface area contributed by atoms with Gasteiger partial charge in [0, 0.05) is 25.5 Å². The molecule has 0 aliphatic rings. The van der Waals surface area contributed by atoms with Gasteiger partial charge in [0.25, 0.3) is 10.0 Å². The van der Waals surface area contributed by atoms with Crippen LogP contribution in [0.25, 0.3) is 0 Å². The molecule has 0 amide bonds. The average Bonchev–Trinajstić information content (AvgIpc) is 2.88. The molecule has 20 heavy (non-hydrogen) atoms. The standard InChI is InChI=1S/C13H17N3O3S/c1-16(2)11-5-3-10(4-6-11)15-20(17,18)13-8-7-12(9-14)19-13/h3-8,15H,9,14H2,1-2H3. The monoisotopic (exact) mass is 295 g/mol. The zero-order valence-corrected chi connectivity index (χ0v) is 12.1. The van der Waals surface area contributed by atoms with E-state index in [1.807, 2.05) is 31.1 Å². The van der Waals surface area contributed by atoms with Crippen LogP contribution >= 0.6 is 0 Å². The average molecular weight is 295 g/mol. The third-order valence-corrected chi connectivity index (χ3v) is 3.99. The Morgan fingerprint density at radius 1 is 1.15 bits per heavy atom. The molecule has 0 bridgehead atoms. The Morgan fingerprint density at radius 2 is 1.80 bits per heavy atom. The largest absolute Gasteiger partial charge is 0.446 e. The first-order valence-electron chi connectivity index (χ1n) is 6.01. The number of benzene rings is 1. The summed E-state index contributed by atoms with van der Waals surface area (Å²) in [5.74, 6) is 0.424. The Hall–Kier alpha value is -1.99. The number of hydrogen-bond acceptors (Lipinski definition) is 5. The molecule has 0 unspecified atom stereocenters. The van der Waals surface area contributed by atoms with E-state index in [2.05, 4.69) is 4.72 Å². The van der Waals surface area contributed by atoms with Crippen molar-refractivity contribution >= 4 is 21.4 Å². The molecule has 2 rings (SSSR count). The zero-order chi connectivity index (χ0) is 14.8. The number of rotatable bonds is 5. The van der Waals surface area contributed by atoms with Gasteiger partial charge in [-0.2, -0.15) is 8.42 Å². The minimum atomic E-state index is -3.72. The third-order valence-electron chi connectivity index (χ3n) is 2.74. The Labute approximate surface area is 118 Å². The number of nitrogens with one attached hydrogen (secondary N) is 1. The third kappa shape index (κ3) is 3.12. The van der Waals surface area contributed by atoms with E-state index in [9.17, 15) is 8.42 Å². The van der Waals surface area contributed by atoms with E-state index < -0.39 is 10.0 Å². The lowest BCUT2D eigenvalue weighted by Gasteiger charge is -2.13. The predicted molar refractivity (Wildman–Crippen MR) is 78.2 cm³/mol. The van der Waals surface area contributed by atoms with Crippen molar-refractivity contribution in [1.82, 2.24) is 0 Å². The lowest BCUT2D eigenvalue weighted by Crippen LogP contribution is -2.13. The molecule has 0 spiro atoms. The van der Waals surface area contributed by atoms with E-state index >= 15 is 0 Å². The minimum absolute atomic E-state index is 0.144. The van der Waals surface area contributed by atoms with Crippen LogP contribution in [0.3, 0.4) is 0 Å². The lowest BCUT2D eigenvalue weighted by molar-refractivity contribution is 0.417. The highest BCUT2D eigenvalue weighted by atomic mass is 32.2. The van der Waals surface area contributed by atoms with Crippen molar-refractivity contribution in [2.24, 2.45) is 5.73 Å². The summed E-state index contributed by atoms with van der Waals surface area (Å²) in [6.45, 7) is 0.160. The quantitative estimate of drug-likeness (QED) is 0.874. The second kappa shape index (κ2) is 5.56. The van der Waals surface area contributed by atoms with Gasteiger partial charge in [0.05, 0.1) is 6.54 Å². The number of nitrogens with two attached hydrogens (primary N) is 1. The number of hydrogen-bond donors (Lipinski definition) is 2. The minimum Gasteiger partial charge on any atom is -0.446 e. The highest BCUT2D eigenvalue weighted by molar-refractivity contribution is 7.92. The highest BCUT2D eigenvalue weighted by Crippen LogP contribution is 2.20. The topological polar surface area (TPSA) is 88.6 Å². The summed E-state index contributed by atoms with van der Waals surface area (Å²) in [7, 11) is 0.105. The van der Waals surface area contributed by atoms with Gasteiger partial charge < -0.3 is 15.1 Å². The van der Waals surface area contributed by atoms with Crippen molar-refractivity contribution in [3.63, 3.8) is 0 Å². The van der Waals surface area contributed by atoms with Crippen LogP contribution in [-0.2, 0) is 16.6 Å². The van der Waals surface area contributed by atoms with Crippen LogP contribution in [0, 0.1) is 0 Å². The summed E-state index contributed by atoms with van der Waals surface area (Å²) >= 11 is 0. The first-order valence-corrected chi connectivity index (χ1v) is 7.49. The molecule has 0 radical (unpaired) electrons. The second-order valence-corrected chi connectivity index (χ2v) is 6.09. The molecular formula is C13H17N3O3S. The number of anilines is 2. The molecule has 1 aromatic heterocycles. The van der Waals surface area contributed by atoms with Crippen LogP contribution in [0.2, 0.25) is 0 Å². The number of nitrogens with zero attached hydrogens (tertiary/aromatic N) is 1. The van der Waals surface area contributed by atoms with Crippen molar-refractivity contribution in [3.8, 4) is 0 Å². The van der Waals surface area contributed by atoms with Gasteiger partial charge in [-0.3, -0.25) is 4.72 Å². The van der Waals surface area contributed by atoms with Gasteiger partial charge in [-0.05, 0) is 36.4 Å². The zero-order valence-electron chi connectivity index (χ0n) is 11.3. The molecule has 7 heteroatoms. The number of furan rings is 1. The lowest BCUT2D eigenvalue weighted by atomic mass is 10.3. The molecule has 0 fully saturated rings. The van der Waals surface area contributed by atoms with E-state index in [-0.39, 0.29) is 11.6 Å². The Bertz CT molecular complexity index is 675. The Balaban J connectivity index is 2.19. The molecule has 108 valence electrons. The summed E-state index contributed by atoms with van der Waals surface area (Å²) in [5, 5.41) is -0.144. The summed E-state index contributed by atoms with van der Waals surface area (Å²) in [4.78, 5) is 1.93. The van der Waals surface area contributed by atoms with Crippen LogP contribution in [0.1, 0.15) is 5.76 Å². The Morgan fingerprint density at radius 3 is 2.30 bits per heavy atom. The highest BCUT2D eigenvalue weighted by Gasteiger charge is 2.18. The van der Waals surface area contributed by atoms with Gasteiger partial charge >= 0.3 is 0 Å². The van der Waals surface area contributed by atoms with Gasteiger partial charge in [0.1, 0.15) is 5.76 Å². The van der Waals surface area contributed by atoms with E-state index in [0.29, 0.717) is 11.4 Å². The molecule has 3 N–H and O–H groups in total. The molecule has 0 aliphatic heterocycles. The summed E-state index contributed by atoms with van der Waals surface area (Å²) < 4.78 is 31.8. The molecule has 0 saturated heterocycles. The van der Waals surface area contributed by atoms with Crippen molar-refractivity contribution in [2.75, 3.05) is 23.7 Å². The number of sulfonamides is 1. The van der Waals surface area contributed by atoms with Gasteiger partial charge in [-0.1, -0.05) is 0 Å². The predicted octanol–water partition coefficient (Wildman–Crippen LogP) is 1.61. The van der Waals surface area contributed by atoms with Crippen molar-refractivity contribution in [3.05, 3.63) is 42.2 Å². The summed E-state index contributed by atoms with van der Waals surface area (Å²) in [5.41, 5.74) is 6.85. The van der Waals surface area contributed by atoms with Gasteiger partial charge in [-0.25, -0.2) is 0 Å². The molecule has 2 aromatic rings. The molecule has 6 nitrogen and oxygen atoms in total. The first kappa shape index (κ1) is 14.4. The molecule has 1 aromatic carbocycles. The maximum Gasteiger partial charge on any atom is 0.295 e. The summed E-state index contributed by atoms with van der Waals surface area (Å²) in [6, 6.07) is 9.97. The normalized spacial score (nSPS) is 11.3. The van der Waals surface area contributed by atoms with E-state index in [1.54, 1.807) is 18.2 Å². The van der Waals surface area contributed by atoms with Crippen LogP contribution in [0.15, 0.2) is 45.9 Å². The SMILES string of the molecule is CN(C)c1ccc(NS(=O)(=O)c2ccc(CN)o2)cc1. The fourth-order valence-electron chi connectivity index (χ4n) is 1.65. The van der Waals surface area contributed by atoms with Crippen molar-refractivity contribution < 1.29 is 12.8 Å². The van der Waals surface area contributed by atoms with Crippen LogP contribution in [0.5, 0.6) is 0 Å². The first-order chi connectivity index (χ1) is 9.42. The molecule has 0 aliphatic carbocycles. The van der Waals surface area contributed by atoms with Crippen LogP contribution < -0.4 is 15.4 Å². The van der Waals surface area contributed by atoms with E-state index in [4.69, 9.17) is 10.2 Å². The van der Waals surface area contributed by atoms with Gasteiger partial charge in [0.15, 0.2) is 0 Å². The molecule has 1 heterocycles. The maximum atomic E-state index is 12.1. The fraction of sp³-hybridized carbons (Fsp3) is 0.231. The molecule has 0 atom stereocenters. The molecule has 0 saturated carbocycles. The maximum absolute atomic E-state index is 12.1. The summed E-state index contributed by atoms with van der Waals surface area (Å²) in [6.07, 6.45) is 0. The van der Waals surface area contributed by atoms with E-state index in [1.165, 1.54) is 6.07 Å². The Kier molecular flexibility index (Phi) is 4.01. The van der Waals surface area contributed by atoms with Gasteiger partial charge in [-0.15, -0.1) is 0 Å². The second-order valence-electron chi connectivity index (χ2n) is 4.47.